The molecule has 0 bridgehead atoms. The smallest absolute Gasteiger partial charge is 0.276 e. The molecule has 0 atom stereocenters. The van der Waals surface area contributed by atoms with Crippen LogP contribution in [0.5, 0.6) is 0 Å². The van der Waals surface area contributed by atoms with Gasteiger partial charge in [0, 0.05) is 32.4 Å². The fourth-order valence-corrected chi connectivity index (χ4v) is 2.20. The summed E-state index contributed by atoms with van der Waals surface area (Å²) in [5.41, 5.74) is 6.52. The van der Waals surface area contributed by atoms with Crippen LogP contribution in [0.1, 0.15) is 36.2 Å². The zero-order valence-corrected chi connectivity index (χ0v) is 10.7. The van der Waals surface area contributed by atoms with Gasteiger partial charge in [0.25, 0.3) is 5.91 Å². The number of hydrogen-bond acceptors (Lipinski definition) is 4. The van der Waals surface area contributed by atoms with E-state index in [-0.39, 0.29) is 18.6 Å². The molecule has 1 fully saturated rings. The number of nitrogen functional groups attached to an aromatic ring is 1. The zero-order chi connectivity index (χ0) is 13.1. The van der Waals surface area contributed by atoms with E-state index in [4.69, 9.17) is 10.8 Å². The molecule has 0 spiro atoms. The van der Waals surface area contributed by atoms with Crippen LogP contribution < -0.4 is 5.73 Å². The predicted molar refractivity (Wildman–Crippen MR) is 68.0 cm³/mol. The number of aliphatic hydroxyl groups excluding tert-OH is 1. The zero-order valence-electron chi connectivity index (χ0n) is 10.7. The van der Waals surface area contributed by atoms with Gasteiger partial charge in [0.1, 0.15) is 0 Å². The number of carbonyl (C=O) groups excluding carboxylic acids is 1. The van der Waals surface area contributed by atoms with Crippen molar-refractivity contribution in [2.24, 2.45) is 7.05 Å². The summed E-state index contributed by atoms with van der Waals surface area (Å²) in [5, 5.41) is 13.0. The van der Waals surface area contributed by atoms with Crippen molar-refractivity contribution in [3.05, 3.63) is 11.9 Å². The number of amides is 1. The molecule has 100 valence electrons. The number of nitrogens with zero attached hydrogens (tertiary/aromatic N) is 3. The molecule has 1 aliphatic carbocycles. The summed E-state index contributed by atoms with van der Waals surface area (Å²) in [6.45, 7) is 0.657. The molecule has 1 amide bonds. The van der Waals surface area contributed by atoms with Crippen molar-refractivity contribution in [3.63, 3.8) is 0 Å². The molecule has 6 heteroatoms. The molecular weight excluding hydrogens is 232 g/mol. The summed E-state index contributed by atoms with van der Waals surface area (Å²) in [6, 6.07) is 0.283. The Bertz CT molecular complexity index is 426. The quantitative estimate of drug-likeness (QED) is 0.793. The normalized spacial score (nSPS) is 15.4. The largest absolute Gasteiger partial charge is 0.396 e. The first-order chi connectivity index (χ1) is 8.63. The Balaban J connectivity index is 2.13. The molecule has 1 heterocycles. The number of nitrogens with two attached hydrogens (primary N) is 1. The van der Waals surface area contributed by atoms with Crippen molar-refractivity contribution < 1.29 is 9.90 Å². The third-order valence-electron chi connectivity index (χ3n) is 3.39. The van der Waals surface area contributed by atoms with Gasteiger partial charge in [-0.15, -0.1) is 0 Å². The minimum Gasteiger partial charge on any atom is -0.396 e. The highest BCUT2D eigenvalue weighted by atomic mass is 16.3. The molecule has 0 aromatic carbocycles. The topological polar surface area (TPSA) is 84.4 Å². The van der Waals surface area contributed by atoms with Crippen LogP contribution in [0, 0.1) is 0 Å². The molecule has 18 heavy (non-hydrogen) atoms. The predicted octanol–water partition coefficient (Wildman–Crippen LogP) is 0.379. The summed E-state index contributed by atoms with van der Waals surface area (Å²) >= 11 is 0. The van der Waals surface area contributed by atoms with Crippen molar-refractivity contribution >= 4 is 11.6 Å². The SMILES string of the molecule is Cn1cc(N)c(C(=O)N(CCCO)C2CCC2)n1. The average molecular weight is 252 g/mol. The first-order valence-electron chi connectivity index (χ1n) is 6.34. The van der Waals surface area contributed by atoms with E-state index in [0.717, 1.165) is 19.3 Å². The first-order valence-corrected chi connectivity index (χ1v) is 6.34. The molecule has 2 rings (SSSR count). The molecule has 0 saturated heterocycles. The van der Waals surface area contributed by atoms with Crippen molar-refractivity contribution in [3.8, 4) is 0 Å². The number of aryl methyl sites for hydroxylation is 1. The maximum absolute atomic E-state index is 12.4. The minimum absolute atomic E-state index is 0.0915. The second-order valence-electron chi connectivity index (χ2n) is 4.77. The van der Waals surface area contributed by atoms with E-state index in [1.54, 1.807) is 22.8 Å². The first kappa shape index (κ1) is 12.9. The van der Waals surface area contributed by atoms with Crippen molar-refractivity contribution in [2.45, 2.75) is 31.7 Å². The summed E-state index contributed by atoms with van der Waals surface area (Å²) in [4.78, 5) is 14.2. The number of aromatic nitrogens is 2. The van der Waals surface area contributed by atoms with Crippen molar-refractivity contribution in [1.29, 1.82) is 0 Å². The molecule has 6 nitrogen and oxygen atoms in total. The van der Waals surface area contributed by atoms with Crippen LogP contribution in [-0.4, -0.2) is 44.9 Å². The van der Waals surface area contributed by atoms with Gasteiger partial charge in [-0.05, 0) is 25.7 Å². The van der Waals surface area contributed by atoms with Crippen molar-refractivity contribution in [1.82, 2.24) is 14.7 Å². The number of hydrogen-bond donors (Lipinski definition) is 2. The maximum Gasteiger partial charge on any atom is 0.276 e. The van der Waals surface area contributed by atoms with Crippen molar-refractivity contribution in [2.75, 3.05) is 18.9 Å². The van der Waals surface area contributed by atoms with Crippen LogP contribution in [0.2, 0.25) is 0 Å². The van der Waals surface area contributed by atoms with Gasteiger partial charge in [-0.1, -0.05) is 0 Å². The molecule has 3 N–H and O–H groups in total. The van der Waals surface area contributed by atoms with Crippen LogP contribution >= 0.6 is 0 Å². The fourth-order valence-electron chi connectivity index (χ4n) is 2.20. The number of anilines is 1. The lowest BCUT2D eigenvalue weighted by Gasteiger charge is -2.37. The van der Waals surface area contributed by atoms with Crippen LogP contribution in [0.25, 0.3) is 0 Å². The Kier molecular flexibility index (Phi) is 3.86. The fraction of sp³-hybridized carbons (Fsp3) is 0.667. The van der Waals surface area contributed by atoms with E-state index in [0.29, 0.717) is 24.3 Å². The third kappa shape index (κ3) is 2.48. The molecule has 1 aromatic heterocycles. The standard InChI is InChI=1S/C12H20N4O2/c1-15-8-10(13)11(14-15)12(18)16(6-3-7-17)9-4-2-5-9/h8-9,17H,2-7,13H2,1H3. The molecular formula is C12H20N4O2. The summed E-state index contributed by atoms with van der Waals surface area (Å²) in [6.07, 6.45) is 5.45. The molecule has 1 saturated carbocycles. The van der Waals surface area contributed by atoms with Gasteiger partial charge in [-0.25, -0.2) is 0 Å². The summed E-state index contributed by atoms with van der Waals surface area (Å²) in [7, 11) is 1.74. The van der Waals surface area contributed by atoms with Crippen LogP contribution in [-0.2, 0) is 7.05 Å². The molecule has 0 radical (unpaired) electrons. The van der Waals surface area contributed by atoms with Crippen LogP contribution in [0.4, 0.5) is 5.69 Å². The Morgan fingerprint density at radius 2 is 2.39 bits per heavy atom. The van der Waals surface area contributed by atoms with Gasteiger partial charge >= 0.3 is 0 Å². The number of aliphatic hydroxyl groups is 1. The highest BCUT2D eigenvalue weighted by Crippen LogP contribution is 2.27. The second-order valence-corrected chi connectivity index (χ2v) is 4.77. The molecule has 1 aromatic rings. The molecule has 0 unspecified atom stereocenters. The Morgan fingerprint density at radius 3 is 2.83 bits per heavy atom. The highest BCUT2D eigenvalue weighted by Gasteiger charge is 2.31. The van der Waals surface area contributed by atoms with Gasteiger partial charge in [0.05, 0.1) is 5.69 Å². The Morgan fingerprint density at radius 1 is 1.67 bits per heavy atom. The minimum atomic E-state index is -0.119. The summed E-state index contributed by atoms with van der Waals surface area (Å²) in [5.74, 6) is -0.119. The molecule has 0 aliphatic heterocycles. The van der Waals surface area contributed by atoms with Gasteiger partial charge in [-0.2, -0.15) is 5.10 Å². The van der Waals surface area contributed by atoms with Gasteiger partial charge in [0.15, 0.2) is 5.69 Å². The monoisotopic (exact) mass is 252 g/mol. The maximum atomic E-state index is 12.4. The van der Waals surface area contributed by atoms with Gasteiger partial charge in [-0.3, -0.25) is 9.48 Å². The van der Waals surface area contributed by atoms with E-state index in [9.17, 15) is 4.79 Å². The molecule has 1 aliphatic rings. The Labute approximate surface area is 106 Å². The van der Waals surface area contributed by atoms with Crippen LogP contribution in [0.3, 0.4) is 0 Å². The van der Waals surface area contributed by atoms with E-state index < -0.39 is 0 Å². The number of rotatable bonds is 5. The third-order valence-corrected chi connectivity index (χ3v) is 3.39. The van der Waals surface area contributed by atoms with Gasteiger partial charge < -0.3 is 15.7 Å². The van der Waals surface area contributed by atoms with E-state index in [2.05, 4.69) is 5.10 Å². The number of carbonyl (C=O) groups is 1. The highest BCUT2D eigenvalue weighted by molar-refractivity contribution is 5.97. The lowest BCUT2D eigenvalue weighted by atomic mass is 9.91. The van der Waals surface area contributed by atoms with Gasteiger partial charge in [0.2, 0.25) is 0 Å². The van der Waals surface area contributed by atoms with Crippen LogP contribution in [0.15, 0.2) is 6.20 Å². The second kappa shape index (κ2) is 5.39. The van der Waals surface area contributed by atoms with E-state index in [1.807, 2.05) is 0 Å². The van der Waals surface area contributed by atoms with E-state index in [1.165, 1.54) is 0 Å². The van der Waals surface area contributed by atoms with E-state index >= 15 is 0 Å². The lowest BCUT2D eigenvalue weighted by Crippen LogP contribution is -2.45. The average Bonchev–Trinajstić information content (AvgIpc) is 2.60. The lowest BCUT2D eigenvalue weighted by molar-refractivity contribution is 0.0557. The Hall–Kier alpha value is -1.56. The summed E-state index contributed by atoms with van der Waals surface area (Å²) < 4.78 is 1.55.